The number of aliphatic hydroxyl groups is 1. The summed E-state index contributed by atoms with van der Waals surface area (Å²) in [6.07, 6.45) is 12.7. The van der Waals surface area contributed by atoms with Gasteiger partial charge < -0.3 is 14.9 Å². The number of allylic oxidation sites excluding steroid dienone is 5. The zero-order valence-corrected chi connectivity index (χ0v) is 17.4. The molecule has 6 heteroatoms. The monoisotopic (exact) mass is 402 g/mol. The van der Waals surface area contributed by atoms with Gasteiger partial charge in [0, 0.05) is 23.0 Å². The molecule has 2 aliphatic rings. The van der Waals surface area contributed by atoms with Crippen LogP contribution in [-0.4, -0.2) is 40.1 Å². The molecule has 1 fully saturated rings. The fourth-order valence-electron chi connectivity index (χ4n) is 5.16. The number of fused-ring (bicyclic) bond motifs is 1. The van der Waals surface area contributed by atoms with Crippen molar-refractivity contribution < 1.29 is 29.3 Å². The summed E-state index contributed by atoms with van der Waals surface area (Å²) in [5, 5.41) is 21.0. The molecule has 4 atom stereocenters. The van der Waals surface area contributed by atoms with Gasteiger partial charge in [-0.3, -0.25) is 4.79 Å². The van der Waals surface area contributed by atoms with E-state index in [1.807, 2.05) is 32.9 Å². The number of ether oxygens (including phenoxy) is 1. The van der Waals surface area contributed by atoms with Crippen LogP contribution in [0.25, 0.3) is 0 Å². The zero-order valence-electron chi connectivity index (χ0n) is 17.4. The molecule has 2 aliphatic carbocycles. The van der Waals surface area contributed by atoms with Crippen LogP contribution in [0.5, 0.6) is 0 Å². The van der Waals surface area contributed by atoms with Crippen LogP contribution in [0.15, 0.2) is 48.1 Å². The van der Waals surface area contributed by atoms with Gasteiger partial charge in [-0.15, -0.1) is 0 Å². The fraction of sp³-hybridized carbons (Fsp3) is 0.522. The Morgan fingerprint density at radius 1 is 1.14 bits per heavy atom. The van der Waals surface area contributed by atoms with E-state index < -0.39 is 40.4 Å². The van der Waals surface area contributed by atoms with Gasteiger partial charge in [0.05, 0.1) is 0 Å². The number of carbonyl (C=O) groups is 3. The van der Waals surface area contributed by atoms with E-state index in [0.29, 0.717) is 19.1 Å². The third-order valence-corrected chi connectivity index (χ3v) is 6.41. The minimum atomic E-state index is -2.33. The van der Waals surface area contributed by atoms with Crippen LogP contribution >= 0.6 is 0 Å². The van der Waals surface area contributed by atoms with E-state index in [2.05, 4.69) is 0 Å². The highest BCUT2D eigenvalue weighted by Gasteiger charge is 2.67. The summed E-state index contributed by atoms with van der Waals surface area (Å²) in [6.45, 7) is 7.52. The molecule has 0 aromatic carbocycles. The van der Waals surface area contributed by atoms with Crippen molar-refractivity contribution in [1.29, 1.82) is 0 Å². The van der Waals surface area contributed by atoms with Gasteiger partial charge in [0.2, 0.25) is 0 Å². The molecule has 0 aliphatic heterocycles. The number of esters is 1. The highest BCUT2D eigenvalue weighted by atomic mass is 16.5. The van der Waals surface area contributed by atoms with Crippen LogP contribution in [0.1, 0.15) is 47.0 Å². The van der Waals surface area contributed by atoms with E-state index in [1.165, 1.54) is 12.2 Å². The summed E-state index contributed by atoms with van der Waals surface area (Å²) in [6, 6.07) is 0. The number of carboxylic acid groups (broad SMARTS) is 1. The maximum atomic E-state index is 12.4. The molecule has 29 heavy (non-hydrogen) atoms. The topological polar surface area (TPSA) is 101 Å². The normalized spacial score (nSPS) is 34.2. The third kappa shape index (κ3) is 3.99. The van der Waals surface area contributed by atoms with Gasteiger partial charge in [-0.25, -0.2) is 9.59 Å². The van der Waals surface area contributed by atoms with E-state index in [0.717, 1.165) is 6.42 Å². The molecule has 0 bridgehead atoms. The number of aliphatic carboxylic acids is 1. The lowest BCUT2D eigenvalue weighted by Crippen LogP contribution is -2.66. The van der Waals surface area contributed by atoms with Crippen molar-refractivity contribution in [3.05, 3.63) is 48.1 Å². The van der Waals surface area contributed by atoms with E-state index in [1.54, 1.807) is 25.2 Å². The molecule has 0 amide bonds. The Morgan fingerprint density at radius 2 is 1.79 bits per heavy atom. The smallest absolute Gasteiger partial charge is 0.341 e. The van der Waals surface area contributed by atoms with Crippen molar-refractivity contribution in [2.24, 2.45) is 16.7 Å². The second-order valence-corrected chi connectivity index (χ2v) is 8.66. The van der Waals surface area contributed by atoms with Crippen molar-refractivity contribution in [2.45, 2.75) is 58.7 Å². The van der Waals surface area contributed by atoms with Crippen molar-refractivity contribution in [1.82, 2.24) is 0 Å². The fourth-order valence-corrected chi connectivity index (χ4v) is 5.16. The summed E-state index contributed by atoms with van der Waals surface area (Å²) in [7, 11) is 0. The van der Waals surface area contributed by atoms with Crippen LogP contribution in [0, 0.1) is 16.7 Å². The number of carboxylic acids is 1. The summed E-state index contributed by atoms with van der Waals surface area (Å²) >= 11 is 0. The molecule has 1 saturated carbocycles. The SMILES string of the molecule is C/C=C/C=C/C=C/C(=O)O[C@@H]1C=C(C=O)[C@@](O)(C(=O)O)[C@@]2(C)CCCC(C)(C)[C@@H]12. The Balaban J connectivity index is 2.47. The molecule has 0 aromatic rings. The van der Waals surface area contributed by atoms with Crippen LogP contribution in [0.2, 0.25) is 0 Å². The summed E-state index contributed by atoms with van der Waals surface area (Å²) < 4.78 is 5.66. The molecule has 0 unspecified atom stereocenters. The van der Waals surface area contributed by atoms with Gasteiger partial charge in [-0.05, 0) is 31.3 Å². The molecule has 0 heterocycles. The van der Waals surface area contributed by atoms with Crippen LogP contribution in [0.4, 0.5) is 0 Å². The third-order valence-electron chi connectivity index (χ3n) is 6.41. The molecule has 0 spiro atoms. The van der Waals surface area contributed by atoms with E-state index >= 15 is 0 Å². The number of hydrogen-bond acceptors (Lipinski definition) is 5. The minimum Gasteiger partial charge on any atom is -0.479 e. The van der Waals surface area contributed by atoms with Gasteiger partial charge in [-0.2, -0.15) is 0 Å². The first-order valence-electron chi connectivity index (χ1n) is 9.84. The molecule has 0 radical (unpaired) electrons. The van der Waals surface area contributed by atoms with Gasteiger partial charge in [0.25, 0.3) is 0 Å². The quantitative estimate of drug-likeness (QED) is 0.306. The average molecular weight is 402 g/mol. The van der Waals surface area contributed by atoms with Crippen molar-refractivity contribution in [3.63, 3.8) is 0 Å². The molecule has 0 saturated heterocycles. The van der Waals surface area contributed by atoms with Gasteiger partial charge in [-0.1, -0.05) is 57.6 Å². The van der Waals surface area contributed by atoms with Crippen molar-refractivity contribution in [2.75, 3.05) is 0 Å². The Hall–Kier alpha value is -2.47. The molecule has 2 N–H and O–H groups in total. The number of aldehydes is 1. The van der Waals surface area contributed by atoms with Gasteiger partial charge in [0.1, 0.15) is 12.4 Å². The Morgan fingerprint density at radius 3 is 2.38 bits per heavy atom. The highest BCUT2D eigenvalue weighted by Crippen LogP contribution is 2.61. The Labute approximate surface area is 171 Å². The molecule has 0 aromatic heterocycles. The second-order valence-electron chi connectivity index (χ2n) is 8.66. The highest BCUT2D eigenvalue weighted by molar-refractivity contribution is 5.94. The lowest BCUT2D eigenvalue weighted by molar-refractivity contribution is -0.202. The summed E-state index contributed by atoms with van der Waals surface area (Å²) in [5.41, 5.74) is -4.16. The molecular weight excluding hydrogens is 372 g/mol. The summed E-state index contributed by atoms with van der Waals surface area (Å²) in [5.74, 6) is -2.52. The lowest BCUT2D eigenvalue weighted by Gasteiger charge is -2.59. The first-order valence-corrected chi connectivity index (χ1v) is 9.84. The predicted octanol–water partition coefficient (Wildman–Crippen LogP) is 3.37. The lowest BCUT2D eigenvalue weighted by atomic mass is 9.46. The van der Waals surface area contributed by atoms with Gasteiger partial charge >= 0.3 is 11.9 Å². The van der Waals surface area contributed by atoms with Crippen LogP contribution < -0.4 is 0 Å². The maximum Gasteiger partial charge on any atom is 0.341 e. The molecule has 158 valence electrons. The van der Waals surface area contributed by atoms with Gasteiger partial charge in [0.15, 0.2) is 5.60 Å². The van der Waals surface area contributed by atoms with Crippen molar-refractivity contribution in [3.8, 4) is 0 Å². The Bertz CT molecular complexity index is 787. The van der Waals surface area contributed by atoms with Crippen LogP contribution in [0.3, 0.4) is 0 Å². The molecule has 2 rings (SSSR count). The zero-order chi connectivity index (χ0) is 21.9. The molecule has 6 nitrogen and oxygen atoms in total. The first kappa shape index (κ1) is 22.8. The minimum absolute atomic E-state index is 0.267. The standard InChI is InChI=1S/C23H30O6/c1-5-6-7-8-9-11-18(25)29-17-14-16(15-24)23(28,20(26)27)22(4)13-10-12-21(2,3)19(17)22/h5-9,11,14-15,17,19,28H,10,12-13H2,1-4H3,(H,26,27)/b6-5+,8-7+,11-9+/t17-,19-,22+,23-/m1/s1. The number of hydrogen-bond donors (Lipinski definition) is 2. The van der Waals surface area contributed by atoms with Crippen molar-refractivity contribution >= 4 is 18.2 Å². The van der Waals surface area contributed by atoms with Crippen LogP contribution in [-0.2, 0) is 19.1 Å². The second kappa shape index (κ2) is 8.49. The first-order chi connectivity index (χ1) is 13.5. The van der Waals surface area contributed by atoms with E-state index in [-0.39, 0.29) is 5.57 Å². The average Bonchev–Trinajstić information content (AvgIpc) is 2.63. The number of rotatable bonds is 6. The number of carbonyl (C=O) groups excluding carboxylic acids is 2. The van der Waals surface area contributed by atoms with E-state index in [4.69, 9.17) is 4.74 Å². The molecular formula is C23H30O6. The largest absolute Gasteiger partial charge is 0.479 e. The predicted molar refractivity (Wildman–Crippen MR) is 109 cm³/mol. The Kier molecular flexibility index (Phi) is 6.68. The summed E-state index contributed by atoms with van der Waals surface area (Å²) in [4.78, 5) is 36.2. The maximum absolute atomic E-state index is 12.4. The van der Waals surface area contributed by atoms with E-state index in [9.17, 15) is 24.6 Å².